The van der Waals surface area contributed by atoms with Crippen LogP contribution in [0, 0.1) is 0 Å². The molecule has 1 saturated heterocycles. The van der Waals surface area contributed by atoms with Crippen LogP contribution in [-0.4, -0.2) is 54.8 Å². The van der Waals surface area contributed by atoms with E-state index in [0.29, 0.717) is 17.1 Å². The van der Waals surface area contributed by atoms with Crippen LogP contribution in [0.4, 0.5) is 0 Å². The van der Waals surface area contributed by atoms with Crippen LogP contribution >= 0.6 is 22.9 Å². The summed E-state index contributed by atoms with van der Waals surface area (Å²) in [6.07, 6.45) is 0. The molecule has 1 aromatic carbocycles. The summed E-state index contributed by atoms with van der Waals surface area (Å²) < 4.78 is 7.49. The van der Waals surface area contributed by atoms with Crippen LogP contribution in [0.2, 0.25) is 5.02 Å². The van der Waals surface area contributed by atoms with Gasteiger partial charge in [-0.2, -0.15) is 0 Å². The topological polar surface area (TPSA) is 63.6 Å². The van der Waals surface area contributed by atoms with E-state index in [9.17, 15) is 9.59 Å². The van der Waals surface area contributed by atoms with Crippen molar-refractivity contribution in [3.05, 3.63) is 32.9 Å². The number of thiazole rings is 1. The van der Waals surface area contributed by atoms with Gasteiger partial charge in [-0.25, -0.2) is 0 Å². The molecule has 0 amide bonds. The van der Waals surface area contributed by atoms with Crippen LogP contribution in [0.1, 0.15) is 0 Å². The number of fused-ring (bicyclic) bond motifs is 1. The van der Waals surface area contributed by atoms with Gasteiger partial charge < -0.3 is 10.1 Å². The van der Waals surface area contributed by atoms with Gasteiger partial charge in [0.05, 0.1) is 10.2 Å². The molecule has 0 bridgehead atoms. The van der Waals surface area contributed by atoms with E-state index in [4.69, 9.17) is 16.3 Å². The Morgan fingerprint density at radius 2 is 2.13 bits per heavy atom. The first-order valence-electron chi connectivity index (χ1n) is 7.51. The van der Waals surface area contributed by atoms with Crippen LogP contribution < -0.4 is 10.2 Å². The van der Waals surface area contributed by atoms with E-state index in [2.05, 4.69) is 10.2 Å². The van der Waals surface area contributed by atoms with Gasteiger partial charge in [0.25, 0.3) is 0 Å². The lowest BCUT2D eigenvalue weighted by atomic mass is 10.3. The van der Waals surface area contributed by atoms with Gasteiger partial charge in [0, 0.05) is 37.7 Å². The average molecular weight is 356 g/mol. The van der Waals surface area contributed by atoms with E-state index in [-0.39, 0.29) is 11.4 Å². The highest BCUT2D eigenvalue weighted by Crippen LogP contribution is 2.21. The molecule has 1 aliphatic rings. The molecule has 0 spiro atoms. The zero-order valence-corrected chi connectivity index (χ0v) is 14.2. The second-order valence-electron chi connectivity index (χ2n) is 5.38. The molecule has 0 radical (unpaired) electrons. The smallest absolute Gasteiger partial charge is 0.326 e. The summed E-state index contributed by atoms with van der Waals surface area (Å²) in [6.45, 7) is 4.83. The number of ether oxygens (including phenoxy) is 1. The highest BCUT2D eigenvalue weighted by molar-refractivity contribution is 7.16. The first-order valence-corrected chi connectivity index (χ1v) is 8.70. The zero-order valence-electron chi connectivity index (χ0n) is 12.6. The van der Waals surface area contributed by atoms with Gasteiger partial charge in [-0.1, -0.05) is 22.9 Å². The maximum atomic E-state index is 12.0. The van der Waals surface area contributed by atoms with Gasteiger partial charge in [-0.3, -0.25) is 19.1 Å². The number of aromatic nitrogens is 1. The first kappa shape index (κ1) is 16.4. The normalized spacial score (nSPS) is 15.9. The van der Waals surface area contributed by atoms with Crippen molar-refractivity contribution < 1.29 is 9.53 Å². The van der Waals surface area contributed by atoms with Crippen molar-refractivity contribution in [3.8, 4) is 0 Å². The summed E-state index contributed by atoms with van der Waals surface area (Å²) in [6, 6.07) is 5.22. The highest BCUT2D eigenvalue weighted by atomic mass is 35.5. The number of hydrogen-bond acceptors (Lipinski definition) is 6. The Hall–Kier alpha value is -1.41. The van der Waals surface area contributed by atoms with Crippen molar-refractivity contribution in [2.24, 2.45) is 0 Å². The fraction of sp³-hybridized carbons (Fsp3) is 0.467. The van der Waals surface area contributed by atoms with E-state index >= 15 is 0 Å². The number of nitrogens with one attached hydrogen (secondary N) is 1. The van der Waals surface area contributed by atoms with E-state index in [1.54, 1.807) is 18.2 Å². The van der Waals surface area contributed by atoms with Crippen molar-refractivity contribution >= 4 is 39.1 Å². The number of benzene rings is 1. The van der Waals surface area contributed by atoms with E-state index in [1.165, 1.54) is 4.57 Å². The van der Waals surface area contributed by atoms with Crippen LogP contribution in [0.3, 0.4) is 0 Å². The lowest BCUT2D eigenvalue weighted by Gasteiger charge is -2.26. The second kappa shape index (κ2) is 7.44. The Labute approximate surface area is 142 Å². The van der Waals surface area contributed by atoms with E-state index < -0.39 is 5.97 Å². The Balaban J connectivity index is 1.58. The largest absolute Gasteiger partial charge is 0.463 e. The van der Waals surface area contributed by atoms with Crippen molar-refractivity contribution in [2.75, 3.05) is 39.3 Å². The maximum absolute atomic E-state index is 12.0. The third-order valence-electron chi connectivity index (χ3n) is 3.80. The van der Waals surface area contributed by atoms with Crippen molar-refractivity contribution in [1.82, 2.24) is 14.8 Å². The van der Waals surface area contributed by atoms with Crippen molar-refractivity contribution in [3.63, 3.8) is 0 Å². The summed E-state index contributed by atoms with van der Waals surface area (Å²) in [5, 5.41) is 3.81. The standard InChI is InChI=1S/C15H18ClN3O3S/c16-11-1-2-13-12(9-11)19(15(21)23-13)10-14(20)22-8-7-18-5-3-17-4-6-18/h1-2,9,17H,3-8,10H2. The molecule has 2 heterocycles. The van der Waals surface area contributed by atoms with Crippen molar-refractivity contribution in [1.29, 1.82) is 0 Å². The summed E-state index contributed by atoms with van der Waals surface area (Å²) in [7, 11) is 0. The molecule has 8 heteroatoms. The Morgan fingerprint density at radius 3 is 2.91 bits per heavy atom. The third-order valence-corrected chi connectivity index (χ3v) is 4.99. The second-order valence-corrected chi connectivity index (χ2v) is 6.81. The molecule has 0 saturated carbocycles. The number of nitrogens with zero attached hydrogens (tertiary/aromatic N) is 2. The molecular weight excluding hydrogens is 338 g/mol. The molecule has 0 aliphatic carbocycles. The molecule has 124 valence electrons. The number of piperazine rings is 1. The maximum Gasteiger partial charge on any atom is 0.326 e. The molecule has 1 aliphatic heterocycles. The zero-order chi connectivity index (χ0) is 16.2. The number of rotatable bonds is 5. The van der Waals surface area contributed by atoms with Crippen LogP contribution in [0.15, 0.2) is 23.0 Å². The lowest BCUT2D eigenvalue weighted by molar-refractivity contribution is -0.144. The minimum Gasteiger partial charge on any atom is -0.463 e. The fourth-order valence-electron chi connectivity index (χ4n) is 2.58. The number of halogens is 1. The van der Waals surface area contributed by atoms with Crippen LogP contribution in [0.25, 0.3) is 10.2 Å². The summed E-state index contributed by atoms with van der Waals surface area (Å²) in [5.41, 5.74) is 0.673. The Bertz CT molecular complexity index is 752. The van der Waals surface area contributed by atoms with E-state index in [1.807, 2.05) is 0 Å². The summed E-state index contributed by atoms with van der Waals surface area (Å²) in [4.78, 5) is 26.1. The quantitative estimate of drug-likeness (QED) is 0.816. The SMILES string of the molecule is O=C(Cn1c(=O)sc2ccc(Cl)cc21)OCCN1CCNCC1. The van der Waals surface area contributed by atoms with Gasteiger partial charge in [0.15, 0.2) is 0 Å². The minimum absolute atomic E-state index is 0.0826. The number of hydrogen-bond donors (Lipinski definition) is 1. The Kier molecular flexibility index (Phi) is 5.32. The van der Waals surface area contributed by atoms with Gasteiger partial charge in [0.1, 0.15) is 13.2 Å². The molecule has 2 aromatic rings. The summed E-state index contributed by atoms with van der Waals surface area (Å²) >= 11 is 7.07. The van der Waals surface area contributed by atoms with Crippen LogP contribution in [-0.2, 0) is 16.1 Å². The minimum atomic E-state index is -0.401. The number of carbonyl (C=O) groups excluding carboxylic acids is 1. The van der Waals surface area contributed by atoms with Crippen LogP contribution in [0.5, 0.6) is 0 Å². The Morgan fingerprint density at radius 1 is 1.35 bits per heavy atom. The molecule has 23 heavy (non-hydrogen) atoms. The first-order chi connectivity index (χ1) is 11.1. The third kappa shape index (κ3) is 4.11. The molecule has 0 unspecified atom stereocenters. The average Bonchev–Trinajstić information content (AvgIpc) is 2.84. The van der Waals surface area contributed by atoms with Gasteiger partial charge in [0.2, 0.25) is 0 Å². The number of carbonyl (C=O) groups is 1. The predicted octanol–water partition coefficient (Wildman–Crippen LogP) is 1.16. The molecule has 1 aromatic heterocycles. The molecule has 0 atom stereocenters. The highest BCUT2D eigenvalue weighted by Gasteiger charge is 2.14. The molecule has 3 rings (SSSR count). The summed E-state index contributed by atoms with van der Waals surface area (Å²) in [5.74, 6) is -0.401. The molecule has 1 N–H and O–H groups in total. The monoisotopic (exact) mass is 355 g/mol. The molecular formula is C15H18ClN3O3S. The molecule has 6 nitrogen and oxygen atoms in total. The lowest BCUT2D eigenvalue weighted by Crippen LogP contribution is -2.44. The van der Waals surface area contributed by atoms with E-state index in [0.717, 1.165) is 48.8 Å². The fourth-order valence-corrected chi connectivity index (χ4v) is 3.62. The van der Waals surface area contributed by atoms with Gasteiger partial charge in [-0.05, 0) is 18.2 Å². The van der Waals surface area contributed by atoms with Gasteiger partial charge in [-0.15, -0.1) is 0 Å². The number of esters is 1. The predicted molar refractivity (Wildman–Crippen MR) is 91.4 cm³/mol. The van der Waals surface area contributed by atoms with Gasteiger partial charge >= 0.3 is 10.8 Å². The molecule has 1 fully saturated rings. The van der Waals surface area contributed by atoms with Crippen molar-refractivity contribution in [2.45, 2.75) is 6.54 Å².